The number of anilines is 1. The number of nitrogens with zero attached hydrogens (tertiary/aromatic N) is 2. The number of nitrogens with one attached hydrogen (secondary N) is 1. The van der Waals surface area contributed by atoms with Gasteiger partial charge in [-0.25, -0.2) is 0 Å². The summed E-state index contributed by atoms with van der Waals surface area (Å²) >= 11 is 5.92. The van der Waals surface area contributed by atoms with Crippen molar-refractivity contribution in [1.29, 1.82) is 0 Å². The lowest BCUT2D eigenvalue weighted by Gasteiger charge is -2.09. The summed E-state index contributed by atoms with van der Waals surface area (Å²) in [4.78, 5) is 12.6. The molecule has 3 aromatic carbocycles. The van der Waals surface area contributed by atoms with E-state index in [1.165, 1.54) is 0 Å². The zero-order valence-corrected chi connectivity index (χ0v) is 16.2. The third-order valence-corrected chi connectivity index (χ3v) is 4.53. The predicted molar refractivity (Wildman–Crippen MR) is 111 cm³/mol. The highest BCUT2D eigenvalue weighted by atomic mass is 35.5. The van der Waals surface area contributed by atoms with Gasteiger partial charge in [0.05, 0.1) is 18.4 Å². The van der Waals surface area contributed by atoms with E-state index < -0.39 is 0 Å². The molecule has 0 bridgehead atoms. The van der Waals surface area contributed by atoms with Gasteiger partial charge in [0.1, 0.15) is 5.75 Å². The van der Waals surface area contributed by atoms with Crippen molar-refractivity contribution in [1.82, 2.24) is 10.2 Å². The number of carbonyl (C=O) groups excluding carboxylic acids is 1. The zero-order chi connectivity index (χ0) is 20.2. The second-order valence-electron chi connectivity index (χ2n) is 6.15. The Morgan fingerprint density at radius 1 is 0.931 bits per heavy atom. The standard InChI is InChI=1S/C22H16ClN3O3/c1-28-17-12-8-14(9-13-17)20(27)24-19-5-3-2-4-18(19)22-26-25-21(29-22)15-6-10-16(23)11-7-15/h2-13H,1H3,(H,24,27). The number of hydrogen-bond donors (Lipinski definition) is 1. The minimum absolute atomic E-state index is 0.252. The largest absolute Gasteiger partial charge is 0.497 e. The number of hydrogen-bond acceptors (Lipinski definition) is 5. The Kier molecular flexibility index (Phi) is 5.27. The molecule has 0 unspecified atom stereocenters. The predicted octanol–water partition coefficient (Wildman–Crippen LogP) is 5.32. The molecule has 144 valence electrons. The van der Waals surface area contributed by atoms with Gasteiger partial charge in [-0.05, 0) is 60.7 Å². The maximum absolute atomic E-state index is 12.6. The number of para-hydroxylation sites is 1. The van der Waals surface area contributed by atoms with Gasteiger partial charge in [0.25, 0.3) is 5.91 Å². The fourth-order valence-corrected chi connectivity index (χ4v) is 2.88. The number of aromatic nitrogens is 2. The van der Waals surface area contributed by atoms with Gasteiger partial charge in [0.2, 0.25) is 11.8 Å². The summed E-state index contributed by atoms with van der Waals surface area (Å²) in [7, 11) is 1.58. The van der Waals surface area contributed by atoms with Gasteiger partial charge in [0, 0.05) is 16.1 Å². The average molecular weight is 406 g/mol. The molecule has 0 aliphatic rings. The third-order valence-electron chi connectivity index (χ3n) is 4.27. The monoisotopic (exact) mass is 405 g/mol. The van der Waals surface area contributed by atoms with Crippen LogP contribution in [0.5, 0.6) is 5.75 Å². The van der Waals surface area contributed by atoms with Gasteiger partial charge in [-0.3, -0.25) is 4.79 Å². The number of amides is 1. The van der Waals surface area contributed by atoms with E-state index in [4.69, 9.17) is 20.8 Å². The molecule has 0 spiro atoms. The van der Waals surface area contributed by atoms with Gasteiger partial charge in [0.15, 0.2) is 0 Å². The second-order valence-corrected chi connectivity index (χ2v) is 6.58. The van der Waals surface area contributed by atoms with Crippen LogP contribution in [0.1, 0.15) is 10.4 Å². The van der Waals surface area contributed by atoms with Crippen LogP contribution in [0.3, 0.4) is 0 Å². The van der Waals surface area contributed by atoms with Crippen molar-refractivity contribution in [3.05, 3.63) is 83.4 Å². The lowest BCUT2D eigenvalue weighted by Crippen LogP contribution is -2.12. The molecule has 4 aromatic rings. The molecule has 1 aromatic heterocycles. The average Bonchev–Trinajstić information content (AvgIpc) is 3.25. The zero-order valence-electron chi connectivity index (χ0n) is 15.4. The van der Waals surface area contributed by atoms with Gasteiger partial charge in [-0.2, -0.15) is 0 Å². The number of benzene rings is 3. The van der Waals surface area contributed by atoms with Crippen LogP contribution in [0.15, 0.2) is 77.2 Å². The SMILES string of the molecule is COc1ccc(C(=O)Nc2ccccc2-c2nnc(-c3ccc(Cl)cc3)o2)cc1. The number of carbonyl (C=O) groups is 1. The van der Waals surface area contributed by atoms with E-state index in [1.807, 2.05) is 18.2 Å². The van der Waals surface area contributed by atoms with Crippen LogP contribution in [0.4, 0.5) is 5.69 Å². The van der Waals surface area contributed by atoms with Crippen LogP contribution in [0.25, 0.3) is 22.9 Å². The van der Waals surface area contributed by atoms with E-state index in [-0.39, 0.29) is 5.91 Å². The molecule has 6 nitrogen and oxygen atoms in total. The van der Waals surface area contributed by atoms with Crippen LogP contribution in [-0.2, 0) is 0 Å². The van der Waals surface area contributed by atoms with Gasteiger partial charge in [-0.1, -0.05) is 23.7 Å². The summed E-state index contributed by atoms with van der Waals surface area (Å²) in [5.41, 5.74) is 2.46. The molecule has 7 heteroatoms. The van der Waals surface area contributed by atoms with Crippen molar-refractivity contribution >= 4 is 23.2 Å². The van der Waals surface area contributed by atoms with E-state index in [0.29, 0.717) is 39.4 Å². The quantitative estimate of drug-likeness (QED) is 0.486. The number of rotatable bonds is 5. The molecule has 0 fully saturated rings. The third kappa shape index (κ3) is 4.12. The van der Waals surface area contributed by atoms with Crippen molar-refractivity contribution in [2.24, 2.45) is 0 Å². The first-order chi connectivity index (χ1) is 14.1. The Morgan fingerprint density at radius 2 is 1.62 bits per heavy atom. The maximum atomic E-state index is 12.6. The molecule has 4 rings (SSSR count). The Morgan fingerprint density at radius 3 is 2.34 bits per heavy atom. The summed E-state index contributed by atoms with van der Waals surface area (Å²) in [6.45, 7) is 0. The number of methoxy groups -OCH3 is 1. The normalized spacial score (nSPS) is 10.6. The molecule has 29 heavy (non-hydrogen) atoms. The van der Waals surface area contributed by atoms with E-state index in [2.05, 4.69) is 15.5 Å². The summed E-state index contributed by atoms with van der Waals surface area (Å²) in [6.07, 6.45) is 0. The molecule has 0 aliphatic carbocycles. The highest BCUT2D eigenvalue weighted by Gasteiger charge is 2.16. The molecular formula is C22H16ClN3O3. The smallest absolute Gasteiger partial charge is 0.255 e. The fraction of sp³-hybridized carbons (Fsp3) is 0.0455. The highest BCUT2D eigenvalue weighted by Crippen LogP contribution is 2.30. The van der Waals surface area contributed by atoms with Gasteiger partial charge in [-0.15, -0.1) is 10.2 Å². The van der Waals surface area contributed by atoms with Crippen molar-refractivity contribution in [2.45, 2.75) is 0 Å². The molecule has 0 saturated heterocycles. The minimum atomic E-state index is -0.252. The Labute approximate surface area is 172 Å². The number of halogens is 1. The molecule has 1 amide bonds. The molecule has 1 heterocycles. The summed E-state index contributed by atoms with van der Waals surface area (Å²) < 4.78 is 10.9. The Bertz CT molecular complexity index is 1140. The lowest BCUT2D eigenvalue weighted by atomic mass is 10.1. The molecule has 0 radical (unpaired) electrons. The van der Waals surface area contributed by atoms with E-state index in [1.54, 1.807) is 61.7 Å². The summed E-state index contributed by atoms with van der Waals surface area (Å²) in [5, 5.41) is 11.8. The molecule has 1 N–H and O–H groups in total. The minimum Gasteiger partial charge on any atom is -0.497 e. The summed E-state index contributed by atoms with van der Waals surface area (Å²) in [6, 6.07) is 21.2. The fourth-order valence-electron chi connectivity index (χ4n) is 2.76. The van der Waals surface area contributed by atoms with Crippen molar-refractivity contribution < 1.29 is 13.9 Å². The highest BCUT2D eigenvalue weighted by molar-refractivity contribution is 6.30. The van der Waals surface area contributed by atoms with Crippen molar-refractivity contribution in [3.63, 3.8) is 0 Å². The van der Waals surface area contributed by atoms with E-state index in [9.17, 15) is 4.79 Å². The van der Waals surface area contributed by atoms with Gasteiger partial charge >= 0.3 is 0 Å². The van der Waals surface area contributed by atoms with Crippen molar-refractivity contribution in [3.8, 4) is 28.7 Å². The van der Waals surface area contributed by atoms with Crippen LogP contribution in [0, 0.1) is 0 Å². The van der Waals surface area contributed by atoms with Crippen LogP contribution in [0.2, 0.25) is 5.02 Å². The topological polar surface area (TPSA) is 77.2 Å². The number of ether oxygens (including phenoxy) is 1. The van der Waals surface area contributed by atoms with Crippen LogP contribution in [-0.4, -0.2) is 23.2 Å². The lowest BCUT2D eigenvalue weighted by molar-refractivity contribution is 0.102. The summed E-state index contributed by atoms with van der Waals surface area (Å²) in [5.74, 6) is 1.11. The van der Waals surface area contributed by atoms with Crippen LogP contribution < -0.4 is 10.1 Å². The first-order valence-electron chi connectivity index (χ1n) is 8.78. The van der Waals surface area contributed by atoms with Crippen molar-refractivity contribution in [2.75, 3.05) is 12.4 Å². The molecule has 0 saturated carbocycles. The Balaban J connectivity index is 1.60. The van der Waals surface area contributed by atoms with E-state index >= 15 is 0 Å². The molecule has 0 atom stereocenters. The maximum Gasteiger partial charge on any atom is 0.255 e. The second kappa shape index (κ2) is 8.16. The molecule has 0 aliphatic heterocycles. The first kappa shape index (κ1) is 18.7. The van der Waals surface area contributed by atoms with E-state index in [0.717, 1.165) is 5.56 Å². The molecular weight excluding hydrogens is 390 g/mol. The van der Waals surface area contributed by atoms with Gasteiger partial charge < -0.3 is 14.5 Å². The van der Waals surface area contributed by atoms with Crippen LogP contribution >= 0.6 is 11.6 Å². The first-order valence-corrected chi connectivity index (χ1v) is 9.16. The Hall–Kier alpha value is -3.64.